The molecule has 1 atom stereocenters. The van der Waals surface area contributed by atoms with Crippen LogP contribution in [-0.2, 0) is 0 Å². The topological polar surface area (TPSA) is 68.0 Å². The van der Waals surface area contributed by atoms with Crippen LogP contribution in [0.5, 0.6) is 0 Å². The lowest BCUT2D eigenvalue weighted by atomic mass is 10.1. The van der Waals surface area contributed by atoms with Crippen molar-refractivity contribution in [2.75, 3.05) is 5.32 Å². The molecule has 0 fully saturated rings. The second kappa shape index (κ2) is 7.69. The first kappa shape index (κ1) is 14.5. The van der Waals surface area contributed by atoms with Gasteiger partial charge in [-0.2, -0.15) is 0 Å². The number of pyridine rings is 1. The number of amides is 1. The highest BCUT2D eigenvalue weighted by Crippen LogP contribution is 2.14. The van der Waals surface area contributed by atoms with Gasteiger partial charge in [-0.3, -0.25) is 4.79 Å². The number of unbranched alkanes of at least 4 members (excludes halogenated alkanes) is 3. The van der Waals surface area contributed by atoms with Gasteiger partial charge in [0.2, 0.25) is 0 Å². The normalized spacial score (nSPS) is 12.1. The summed E-state index contributed by atoms with van der Waals surface area (Å²) >= 11 is 0. The summed E-state index contributed by atoms with van der Waals surface area (Å²) in [5, 5.41) is 3.26. The second-order valence-corrected chi connectivity index (χ2v) is 4.66. The number of anilines is 1. The van der Waals surface area contributed by atoms with Gasteiger partial charge in [-0.25, -0.2) is 4.98 Å². The first-order valence-corrected chi connectivity index (χ1v) is 6.66. The van der Waals surface area contributed by atoms with E-state index in [0.29, 0.717) is 17.4 Å². The average molecular weight is 249 g/mol. The highest BCUT2D eigenvalue weighted by atomic mass is 16.1. The Balaban J connectivity index is 2.48. The number of nitrogens with two attached hydrogens (primary N) is 1. The van der Waals surface area contributed by atoms with Crippen molar-refractivity contribution in [3.05, 3.63) is 23.9 Å². The summed E-state index contributed by atoms with van der Waals surface area (Å²) < 4.78 is 0. The Kier molecular flexibility index (Phi) is 6.19. The highest BCUT2D eigenvalue weighted by molar-refractivity contribution is 5.97. The van der Waals surface area contributed by atoms with Crippen LogP contribution in [0.3, 0.4) is 0 Å². The molecule has 4 heteroatoms. The Bertz CT molecular complexity index is 379. The van der Waals surface area contributed by atoms with Crippen molar-refractivity contribution < 1.29 is 4.79 Å². The maximum Gasteiger partial charge on any atom is 0.252 e. The van der Waals surface area contributed by atoms with Gasteiger partial charge in [-0.15, -0.1) is 0 Å². The van der Waals surface area contributed by atoms with E-state index in [1.54, 1.807) is 18.3 Å². The number of primary amides is 1. The zero-order valence-electron chi connectivity index (χ0n) is 11.3. The molecule has 1 heterocycles. The molecule has 0 radical (unpaired) electrons. The summed E-state index contributed by atoms with van der Waals surface area (Å²) in [7, 11) is 0. The van der Waals surface area contributed by atoms with E-state index >= 15 is 0 Å². The molecule has 1 unspecified atom stereocenters. The molecule has 1 aromatic rings. The van der Waals surface area contributed by atoms with E-state index in [1.807, 2.05) is 0 Å². The Morgan fingerprint density at radius 1 is 1.44 bits per heavy atom. The zero-order valence-corrected chi connectivity index (χ0v) is 11.3. The molecule has 100 valence electrons. The lowest BCUT2D eigenvalue weighted by molar-refractivity contribution is 0.100. The molecule has 4 nitrogen and oxygen atoms in total. The van der Waals surface area contributed by atoms with E-state index in [-0.39, 0.29) is 0 Å². The van der Waals surface area contributed by atoms with Crippen molar-refractivity contribution >= 4 is 11.7 Å². The first-order valence-electron chi connectivity index (χ1n) is 6.66. The van der Waals surface area contributed by atoms with Gasteiger partial charge < -0.3 is 11.1 Å². The molecule has 0 spiro atoms. The smallest absolute Gasteiger partial charge is 0.252 e. The van der Waals surface area contributed by atoms with Crippen LogP contribution in [0, 0.1) is 0 Å². The number of nitrogens with one attached hydrogen (secondary N) is 1. The number of hydrogen-bond donors (Lipinski definition) is 2. The van der Waals surface area contributed by atoms with Gasteiger partial charge in [0.05, 0.1) is 5.56 Å². The summed E-state index contributed by atoms with van der Waals surface area (Å²) in [6, 6.07) is 3.72. The lowest BCUT2D eigenvalue weighted by Crippen LogP contribution is -2.20. The minimum Gasteiger partial charge on any atom is -0.367 e. The average Bonchev–Trinajstić information content (AvgIpc) is 2.35. The monoisotopic (exact) mass is 249 g/mol. The standard InChI is InChI=1S/C14H23N3O/c1-3-4-5-6-8-11(2)17-14-12(13(15)18)9-7-10-16-14/h7,9-11H,3-6,8H2,1-2H3,(H2,15,18)(H,16,17). The summed E-state index contributed by atoms with van der Waals surface area (Å²) in [6.07, 6.45) is 7.72. The van der Waals surface area contributed by atoms with Crippen LogP contribution in [0.1, 0.15) is 56.3 Å². The van der Waals surface area contributed by atoms with E-state index in [9.17, 15) is 4.79 Å². The van der Waals surface area contributed by atoms with Crippen molar-refractivity contribution in [2.45, 2.75) is 52.0 Å². The maximum atomic E-state index is 11.2. The molecule has 0 aromatic carbocycles. The maximum absolute atomic E-state index is 11.2. The molecule has 0 bridgehead atoms. The van der Waals surface area contributed by atoms with Gasteiger partial charge in [0.15, 0.2) is 0 Å². The van der Waals surface area contributed by atoms with Crippen LogP contribution in [0.15, 0.2) is 18.3 Å². The van der Waals surface area contributed by atoms with E-state index < -0.39 is 5.91 Å². The Labute approximate surface area is 109 Å². The van der Waals surface area contributed by atoms with Crippen LogP contribution < -0.4 is 11.1 Å². The predicted octanol–water partition coefficient (Wildman–Crippen LogP) is 2.95. The van der Waals surface area contributed by atoms with Crippen LogP contribution in [0.4, 0.5) is 5.82 Å². The van der Waals surface area contributed by atoms with Gasteiger partial charge in [0, 0.05) is 12.2 Å². The second-order valence-electron chi connectivity index (χ2n) is 4.66. The summed E-state index contributed by atoms with van der Waals surface area (Å²) in [4.78, 5) is 15.4. The predicted molar refractivity (Wildman–Crippen MR) is 74.6 cm³/mol. The molecule has 1 amide bonds. The van der Waals surface area contributed by atoms with Crippen LogP contribution in [-0.4, -0.2) is 16.9 Å². The number of hydrogen-bond acceptors (Lipinski definition) is 3. The fourth-order valence-electron chi connectivity index (χ4n) is 1.90. The molecular formula is C14H23N3O. The molecule has 0 saturated heterocycles. The third-order valence-corrected chi connectivity index (χ3v) is 2.95. The highest BCUT2D eigenvalue weighted by Gasteiger charge is 2.10. The van der Waals surface area contributed by atoms with Crippen molar-refractivity contribution in [3.63, 3.8) is 0 Å². The quantitative estimate of drug-likeness (QED) is 0.696. The fourth-order valence-corrected chi connectivity index (χ4v) is 1.90. The molecule has 0 aliphatic heterocycles. The molecular weight excluding hydrogens is 226 g/mol. The number of aromatic nitrogens is 1. The summed E-state index contributed by atoms with van der Waals surface area (Å²) in [5.74, 6) is 0.150. The molecule has 18 heavy (non-hydrogen) atoms. The van der Waals surface area contributed by atoms with Crippen molar-refractivity contribution in [1.29, 1.82) is 0 Å². The minimum atomic E-state index is -0.441. The van der Waals surface area contributed by atoms with Gasteiger partial charge in [0.25, 0.3) is 5.91 Å². The van der Waals surface area contributed by atoms with Gasteiger partial charge in [0.1, 0.15) is 5.82 Å². The SMILES string of the molecule is CCCCCCC(C)Nc1ncccc1C(N)=O. The van der Waals surface area contributed by atoms with Crippen LogP contribution >= 0.6 is 0 Å². The van der Waals surface area contributed by atoms with Crippen LogP contribution in [0.2, 0.25) is 0 Å². The Hall–Kier alpha value is -1.58. The molecule has 3 N–H and O–H groups in total. The Morgan fingerprint density at radius 3 is 2.89 bits per heavy atom. The van der Waals surface area contributed by atoms with Crippen molar-refractivity contribution in [1.82, 2.24) is 4.98 Å². The molecule has 0 saturated carbocycles. The molecule has 1 aromatic heterocycles. The molecule has 0 aliphatic rings. The zero-order chi connectivity index (χ0) is 13.4. The largest absolute Gasteiger partial charge is 0.367 e. The summed E-state index contributed by atoms with van der Waals surface area (Å²) in [6.45, 7) is 4.31. The van der Waals surface area contributed by atoms with E-state index in [2.05, 4.69) is 24.1 Å². The van der Waals surface area contributed by atoms with Gasteiger partial charge in [-0.1, -0.05) is 32.6 Å². The number of carbonyl (C=O) groups is 1. The van der Waals surface area contributed by atoms with E-state index in [0.717, 1.165) is 6.42 Å². The van der Waals surface area contributed by atoms with E-state index in [1.165, 1.54) is 25.7 Å². The summed E-state index contributed by atoms with van der Waals surface area (Å²) in [5.41, 5.74) is 5.77. The molecule has 0 aliphatic carbocycles. The minimum absolute atomic E-state index is 0.301. The van der Waals surface area contributed by atoms with Gasteiger partial charge in [-0.05, 0) is 25.5 Å². The third kappa shape index (κ3) is 4.73. The molecule has 1 rings (SSSR count). The first-order chi connectivity index (χ1) is 8.65. The number of nitrogens with zero attached hydrogens (tertiary/aromatic N) is 1. The van der Waals surface area contributed by atoms with E-state index in [4.69, 9.17) is 5.73 Å². The lowest BCUT2D eigenvalue weighted by Gasteiger charge is -2.15. The van der Waals surface area contributed by atoms with Crippen molar-refractivity contribution in [3.8, 4) is 0 Å². The Morgan fingerprint density at radius 2 is 2.22 bits per heavy atom. The van der Waals surface area contributed by atoms with Crippen molar-refractivity contribution in [2.24, 2.45) is 5.73 Å². The van der Waals surface area contributed by atoms with Crippen LogP contribution in [0.25, 0.3) is 0 Å². The third-order valence-electron chi connectivity index (χ3n) is 2.95. The fraction of sp³-hybridized carbons (Fsp3) is 0.571. The van der Waals surface area contributed by atoms with Gasteiger partial charge >= 0.3 is 0 Å². The number of rotatable bonds is 8. The number of carbonyl (C=O) groups excluding carboxylic acids is 1.